The van der Waals surface area contributed by atoms with E-state index in [1.54, 1.807) is 0 Å². The molecule has 0 radical (unpaired) electrons. The van der Waals surface area contributed by atoms with Gasteiger partial charge >= 0.3 is 0 Å². The number of aromatic nitrogens is 1. The third-order valence-electron chi connectivity index (χ3n) is 4.16. The van der Waals surface area contributed by atoms with Gasteiger partial charge in [0.2, 0.25) is 0 Å². The van der Waals surface area contributed by atoms with Gasteiger partial charge in [-0.1, -0.05) is 48.5 Å². The predicted octanol–water partition coefficient (Wildman–Crippen LogP) is 4.85. The maximum atomic E-state index is 8.94. The predicted molar refractivity (Wildman–Crippen MR) is 93.2 cm³/mol. The van der Waals surface area contributed by atoms with Crippen molar-refractivity contribution in [3.8, 4) is 6.07 Å². The van der Waals surface area contributed by atoms with E-state index in [4.69, 9.17) is 10.2 Å². The lowest BCUT2D eigenvalue weighted by atomic mass is 9.96. The normalized spacial score (nSPS) is 10.7. The van der Waals surface area contributed by atoms with Crippen molar-refractivity contribution in [2.75, 3.05) is 0 Å². The molecule has 0 saturated heterocycles. The summed E-state index contributed by atoms with van der Waals surface area (Å²) >= 11 is 0. The van der Waals surface area contributed by atoms with Crippen molar-refractivity contribution in [1.82, 2.24) is 4.98 Å². The molecule has 2 nitrogen and oxygen atoms in total. The zero-order valence-corrected chi connectivity index (χ0v) is 12.5. The molecule has 0 spiro atoms. The molecule has 0 fully saturated rings. The van der Waals surface area contributed by atoms with E-state index in [0.717, 1.165) is 17.5 Å². The Labute approximate surface area is 134 Å². The monoisotopic (exact) mass is 294 g/mol. The third-order valence-corrected chi connectivity index (χ3v) is 4.16. The molecule has 0 aliphatic carbocycles. The van der Waals surface area contributed by atoms with Crippen LogP contribution in [0.3, 0.4) is 0 Å². The quantitative estimate of drug-likeness (QED) is 0.495. The summed E-state index contributed by atoms with van der Waals surface area (Å²) in [5.41, 5.74) is 5.23. The number of hydrogen-bond donors (Lipinski definition) is 0. The van der Waals surface area contributed by atoms with Crippen LogP contribution in [0.25, 0.3) is 21.8 Å². The maximum absolute atomic E-state index is 8.94. The van der Waals surface area contributed by atoms with E-state index in [-0.39, 0.29) is 0 Å². The smallest absolute Gasteiger partial charge is 0.0991 e. The van der Waals surface area contributed by atoms with Crippen LogP contribution < -0.4 is 0 Å². The van der Waals surface area contributed by atoms with Gasteiger partial charge in [0.25, 0.3) is 0 Å². The van der Waals surface area contributed by atoms with Crippen LogP contribution >= 0.6 is 0 Å². The summed E-state index contributed by atoms with van der Waals surface area (Å²) in [7, 11) is 0. The van der Waals surface area contributed by atoms with Crippen LogP contribution in [0.15, 0.2) is 72.8 Å². The zero-order chi connectivity index (χ0) is 15.6. The summed E-state index contributed by atoms with van der Waals surface area (Å²) in [6.07, 6.45) is 0.829. The Kier molecular flexibility index (Phi) is 3.25. The second-order valence-corrected chi connectivity index (χ2v) is 5.61. The van der Waals surface area contributed by atoms with E-state index in [9.17, 15) is 0 Å². The Balaban J connectivity index is 1.93. The van der Waals surface area contributed by atoms with Gasteiger partial charge in [-0.05, 0) is 41.8 Å². The minimum atomic E-state index is 0.693. The second kappa shape index (κ2) is 5.55. The van der Waals surface area contributed by atoms with Crippen LogP contribution in [0.5, 0.6) is 0 Å². The van der Waals surface area contributed by atoms with Gasteiger partial charge in [0.15, 0.2) is 0 Å². The van der Waals surface area contributed by atoms with Crippen LogP contribution in [0.2, 0.25) is 0 Å². The molecular formula is C21H14N2. The van der Waals surface area contributed by atoms with Gasteiger partial charge in [-0.15, -0.1) is 0 Å². The van der Waals surface area contributed by atoms with Gasteiger partial charge in [-0.25, -0.2) is 4.98 Å². The fourth-order valence-corrected chi connectivity index (χ4v) is 3.02. The van der Waals surface area contributed by atoms with E-state index >= 15 is 0 Å². The lowest BCUT2D eigenvalue weighted by Gasteiger charge is -2.11. The van der Waals surface area contributed by atoms with Crippen molar-refractivity contribution < 1.29 is 0 Å². The zero-order valence-electron chi connectivity index (χ0n) is 12.5. The highest BCUT2D eigenvalue weighted by molar-refractivity contribution is 5.97. The first-order valence-electron chi connectivity index (χ1n) is 7.60. The summed E-state index contributed by atoms with van der Waals surface area (Å²) in [6.45, 7) is 0. The van der Waals surface area contributed by atoms with Crippen LogP contribution in [-0.4, -0.2) is 4.98 Å². The average Bonchev–Trinajstić information content (AvgIpc) is 2.62. The summed E-state index contributed by atoms with van der Waals surface area (Å²) in [5, 5.41) is 11.3. The van der Waals surface area contributed by atoms with E-state index < -0.39 is 0 Å². The molecule has 108 valence electrons. The standard InChI is InChI=1S/C21H14N2/c22-14-16-11-9-15(10-12-16)13-19-17-5-1-3-7-20(17)23-21-8-4-2-6-18(19)21/h1-12H,13H2. The number of fused-ring (bicyclic) bond motifs is 2. The van der Waals surface area contributed by atoms with Crippen molar-refractivity contribution >= 4 is 21.8 Å². The van der Waals surface area contributed by atoms with Crippen molar-refractivity contribution in [3.05, 3.63) is 89.5 Å². The first-order valence-corrected chi connectivity index (χ1v) is 7.60. The minimum Gasteiger partial charge on any atom is -0.248 e. The van der Waals surface area contributed by atoms with Gasteiger partial charge in [-0.3, -0.25) is 0 Å². The summed E-state index contributed by atoms with van der Waals surface area (Å²) in [4.78, 5) is 4.76. The molecule has 1 aromatic heterocycles. The molecule has 0 unspecified atom stereocenters. The highest BCUT2D eigenvalue weighted by Gasteiger charge is 2.09. The molecule has 0 aliphatic rings. The fourth-order valence-electron chi connectivity index (χ4n) is 3.02. The van der Waals surface area contributed by atoms with Gasteiger partial charge in [-0.2, -0.15) is 5.26 Å². The number of hydrogen-bond acceptors (Lipinski definition) is 2. The lowest BCUT2D eigenvalue weighted by Crippen LogP contribution is -1.94. The van der Waals surface area contributed by atoms with E-state index in [1.165, 1.54) is 21.9 Å². The number of rotatable bonds is 2. The van der Waals surface area contributed by atoms with E-state index in [0.29, 0.717) is 5.56 Å². The van der Waals surface area contributed by atoms with E-state index in [2.05, 4.69) is 42.5 Å². The highest BCUT2D eigenvalue weighted by Crippen LogP contribution is 2.28. The topological polar surface area (TPSA) is 36.7 Å². The number of para-hydroxylation sites is 2. The molecule has 0 amide bonds. The Hall–Kier alpha value is -3.18. The first-order chi connectivity index (χ1) is 11.3. The number of nitriles is 1. The molecular weight excluding hydrogens is 280 g/mol. The lowest BCUT2D eigenvalue weighted by molar-refractivity contribution is 1.22. The number of pyridine rings is 1. The van der Waals surface area contributed by atoms with Gasteiger partial charge in [0.1, 0.15) is 0 Å². The molecule has 0 aliphatic heterocycles. The van der Waals surface area contributed by atoms with Crippen LogP contribution in [-0.2, 0) is 6.42 Å². The SMILES string of the molecule is N#Cc1ccc(Cc2c3ccccc3nc3ccccc23)cc1. The Morgan fingerprint density at radius 1 is 0.739 bits per heavy atom. The molecule has 4 rings (SSSR count). The molecule has 0 bridgehead atoms. The van der Waals surface area contributed by atoms with Crippen LogP contribution in [0.1, 0.15) is 16.7 Å². The van der Waals surface area contributed by atoms with Crippen molar-refractivity contribution in [1.29, 1.82) is 5.26 Å². The van der Waals surface area contributed by atoms with Gasteiger partial charge in [0.05, 0.1) is 22.7 Å². The highest BCUT2D eigenvalue weighted by atomic mass is 14.7. The number of nitrogens with zero attached hydrogens (tertiary/aromatic N) is 2. The molecule has 0 atom stereocenters. The molecule has 0 N–H and O–H groups in total. The van der Waals surface area contributed by atoms with Gasteiger partial charge < -0.3 is 0 Å². The number of benzene rings is 3. The van der Waals surface area contributed by atoms with Crippen molar-refractivity contribution in [3.63, 3.8) is 0 Å². The fraction of sp³-hybridized carbons (Fsp3) is 0.0476. The molecule has 23 heavy (non-hydrogen) atoms. The summed E-state index contributed by atoms with van der Waals surface area (Å²) < 4.78 is 0. The summed E-state index contributed by atoms with van der Waals surface area (Å²) in [6, 6.07) is 26.5. The van der Waals surface area contributed by atoms with Crippen molar-refractivity contribution in [2.45, 2.75) is 6.42 Å². The Morgan fingerprint density at radius 2 is 1.30 bits per heavy atom. The van der Waals surface area contributed by atoms with Gasteiger partial charge in [0, 0.05) is 10.8 Å². The molecule has 4 aromatic rings. The summed E-state index contributed by atoms with van der Waals surface area (Å²) in [5.74, 6) is 0. The molecule has 2 heteroatoms. The average molecular weight is 294 g/mol. The molecule has 1 heterocycles. The van der Waals surface area contributed by atoms with Crippen molar-refractivity contribution in [2.24, 2.45) is 0 Å². The van der Waals surface area contributed by atoms with Crippen LogP contribution in [0.4, 0.5) is 0 Å². The largest absolute Gasteiger partial charge is 0.248 e. The Morgan fingerprint density at radius 3 is 1.87 bits per heavy atom. The first kappa shape index (κ1) is 13.5. The maximum Gasteiger partial charge on any atom is 0.0991 e. The molecule has 3 aromatic carbocycles. The molecule has 0 saturated carbocycles. The minimum absolute atomic E-state index is 0.693. The van der Waals surface area contributed by atoms with E-state index in [1.807, 2.05) is 36.4 Å². The second-order valence-electron chi connectivity index (χ2n) is 5.61. The Bertz CT molecular complexity index is 987. The van der Waals surface area contributed by atoms with Crippen LogP contribution in [0, 0.1) is 11.3 Å². The third kappa shape index (κ3) is 2.43.